The highest BCUT2D eigenvalue weighted by atomic mass is 19.1. The average Bonchev–Trinajstić information content (AvgIpc) is 2.28. The van der Waals surface area contributed by atoms with Gasteiger partial charge in [-0.1, -0.05) is 0 Å². The summed E-state index contributed by atoms with van der Waals surface area (Å²) in [4.78, 5) is 24.1. The van der Waals surface area contributed by atoms with Gasteiger partial charge in [-0.05, 0) is 18.6 Å². The van der Waals surface area contributed by atoms with Crippen LogP contribution in [0.15, 0.2) is 18.2 Å². The summed E-state index contributed by atoms with van der Waals surface area (Å²) in [6.45, 7) is 0. The molecule has 1 aromatic carbocycles. The van der Waals surface area contributed by atoms with Crippen molar-refractivity contribution in [3.05, 3.63) is 29.8 Å². The number of halogens is 2. The van der Waals surface area contributed by atoms with E-state index in [1.807, 2.05) is 0 Å². The molecule has 0 saturated carbocycles. The van der Waals surface area contributed by atoms with Crippen molar-refractivity contribution in [2.24, 2.45) is 0 Å². The summed E-state index contributed by atoms with van der Waals surface area (Å²) in [5.41, 5.74) is 0.130. The van der Waals surface area contributed by atoms with E-state index in [2.05, 4.69) is 5.32 Å². The van der Waals surface area contributed by atoms with E-state index in [1.165, 1.54) is 18.0 Å². The molecule has 0 aromatic heterocycles. The van der Waals surface area contributed by atoms with Crippen LogP contribution in [0.1, 0.15) is 12.8 Å². The molecule has 1 unspecified atom stereocenters. The summed E-state index contributed by atoms with van der Waals surface area (Å²) in [5.74, 6) is -2.20. The zero-order valence-corrected chi connectivity index (χ0v) is 9.74. The van der Waals surface area contributed by atoms with Gasteiger partial charge in [0.1, 0.15) is 17.7 Å². The Balaban J connectivity index is 2.23. The lowest BCUT2D eigenvalue weighted by Crippen LogP contribution is -2.51. The number of anilines is 1. The van der Waals surface area contributed by atoms with Gasteiger partial charge < -0.3 is 4.90 Å². The summed E-state index contributed by atoms with van der Waals surface area (Å²) >= 11 is 0. The third kappa shape index (κ3) is 2.32. The lowest BCUT2D eigenvalue weighted by atomic mass is 10.0. The van der Waals surface area contributed by atoms with Gasteiger partial charge in [-0.25, -0.2) is 8.78 Å². The largest absolute Gasteiger partial charge is 0.360 e. The number of rotatable bonds is 2. The summed E-state index contributed by atoms with van der Waals surface area (Å²) in [6, 6.07) is 2.54. The maximum atomic E-state index is 13.6. The van der Waals surface area contributed by atoms with Gasteiger partial charge in [0.05, 0.1) is 5.69 Å². The molecule has 1 fully saturated rings. The van der Waals surface area contributed by atoms with Crippen LogP contribution in [-0.4, -0.2) is 24.9 Å². The van der Waals surface area contributed by atoms with Gasteiger partial charge in [0.2, 0.25) is 11.8 Å². The Morgan fingerprint density at radius 1 is 1.33 bits per heavy atom. The van der Waals surface area contributed by atoms with Crippen LogP contribution in [0.3, 0.4) is 0 Å². The number of amides is 2. The molecule has 1 aliphatic heterocycles. The molecule has 0 radical (unpaired) electrons. The first-order chi connectivity index (χ1) is 8.49. The van der Waals surface area contributed by atoms with Crippen molar-refractivity contribution >= 4 is 17.5 Å². The number of carbonyl (C=O) groups excluding carboxylic acids is 2. The highest BCUT2D eigenvalue weighted by Gasteiger charge is 2.30. The molecule has 4 nitrogen and oxygen atoms in total. The van der Waals surface area contributed by atoms with Gasteiger partial charge in [0.25, 0.3) is 0 Å². The van der Waals surface area contributed by atoms with Crippen LogP contribution < -0.4 is 10.2 Å². The first kappa shape index (κ1) is 12.5. The number of hydrogen-bond donors (Lipinski definition) is 1. The van der Waals surface area contributed by atoms with Crippen molar-refractivity contribution in [1.82, 2.24) is 5.32 Å². The molecule has 0 bridgehead atoms. The standard InChI is InChI=1S/C12H12F2N2O2/c1-16(9-3-2-7(13)6-8(9)14)10-4-5-11(17)15-12(10)18/h2-3,6,10H,4-5H2,1H3,(H,15,17,18). The molecule has 1 atom stereocenters. The maximum absolute atomic E-state index is 13.6. The van der Waals surface area contributed by atoms with Crippen LogP contribution in [-0.2, 0) is 9.59 Å². The first-order valence-electron chi connectivity index (χ1n) is 5.50. The van der Waals surface area contributed by atoms with Gasteiger partial charge in [0.15, 0.2) is 0 Å². The van der Waals surface area contributed by atoms with Crippen LogP contribution >= 0.6 is 0 Å². The molecule has 0 aliphatic carbocycles. The van der Waals surface area contributed by atoms with Crippen molar-refractivity contribution in [1.29, 1.82) is 0 Å². The monoisotopic (exact) mass is 254 g/mol. The Labute approximate surface area is 103 Å². The second-order valence-corrected chi connectivity index (χ2v) is 4.17. The highest BCUT2D eigenvalue weighted by molar-refractivity contribution is 6.01. The Kier molecular flexibility index (Phi) is 3.27. The van der Waals surface area contributed by atoms with E-state index < -0.39 is 23.6 Å². The molecule has 6 heteroatoms. The number of piperidine rings is 1. The van der Waals surface area contributed by atoms with E-state index in [9.17, 15) is 18.4 Å². The number of imide groups is 1. The lowest BCUT2D eigenvalue weighted by Gasteiger charge is -2.31. The smallest absolute Gasteiger partial charge is 0.249 e. The number of benzene rings is 1. The molecule has 96 valence electrons. The van der Waals surface area contributed by atoms with E-state index in [1.54, 1.807) is 0 Å². The lowest BCUT2D eigenvalue weighted by molar-refractivity contribution is -0.134. The normalized spacial score (nSPS) is 19.6. The molecule has 1 aliphatic rings. The zero-order valence-electron chi connectivity index (χ0n) is 9.74. The molecule has 1 N–H and O–H groups in total. The van der Waals surface area contributed by atoms with Gasteiger partial charge in [-0.2, -0.15) is 0 Å². The third-order valence-electron chi connectivity index (χ3n) is 2.97. The minimum atomic E-state index is -0.734. The Morgan fingerprint density at radius 2 is 2.06 bits per heavy atom. The van der Waals surface area contributed by atoms with Crippen LogP contribution in [0.4, 0.5) is 14.5 Å². The van der Waals surface area contributed by atoms with Crippen molar-refractivity contribution < 1.29 is 18.4 Å². The van der Waals surface area contributed by atoms with Crippen molar-refractivity contribution in [3.8, 4) is 0 Å². The molecule has 2 rings (SSSR count). The minimum Gasteiger partial charge on any atom is -0.360 e. The summed E-state index contributed by atoms with van der Waals surface area (Å²) < 4.78 is 26.4. The van der Waals surface area contributed by atoms with Crippen LogP contribution in [0.5, 0.6) is 0 Å². The summed E-state index contributed by atoms with van der Waals surface area (Å²) in [5, 5.41) is 2.19. The third-order valence-corrected chi connectivity index (χ3v) is 2.97. The summed E-state index contributed by atoms with van der Waals surface area (Å²) in [7, 11) is 1.54. The fourth-order valence-corrected chi connectivity index (χ4v) is 1.99. The van der Waals surface area contributed by atoms with Gasteiger partial charge in [-0.15, -0.1) is 0 Å². The van der Waals surface area contributed by atoms with Crippen molar-refractivity contribution in [2.45, 2.75) is 18.9 Å². The number of nitrogens with zero attached hydrogens (tertiary/aromatic N) is 1. The highest BCUT2D eigenvalue weighted by Crippen LogP contribution is 2.23. The zero-order chi connectivity index (χ0) is 13.3. The van der Waals surface area contributed by atoms with E-state index in [0.717, 1.165) is 12.1 Å². The van der Waals surface area contributed by atoms with E-state index >= 15 is 0 Å². The summed E-state index contributed by atoms with van der Waals surface area (Å²) in [6.07, 6.45) is 0.529. The number of nitrogens with one attached hydrogen (secondary N) is 1. The molecule has 1 heterocycles. The predicted molar refractivity (Wildman–Crippen MR) is 60.9 cm³/mol. The fourth-order valence-electron chi connectivity index (χ4n) is 1.99. The molecule has 1 aromatic rings. The van der Waals surface area contributed by atoms with Crippen molar-refractivity contribution in [3.63, 3.8) is 0 Å². The Bertz CT molecular complexity index is 505. The van der Waals surface area contributed by atoms with Gasteiger partial charge in [-0.3, -0.25) is 14.9 Å². The van der Waals surface area contributed by atoms with Crippen LogP contribution in [0, 0.1) is 11.6 Å². The first-order valence-corrected chi connectivity index (χ1v) is 5.50. The van der Waals surface area contributed by atoms with E-state index in [-0.39, 0.29) is 18.0 Å². The average molecular weight is 254 g/mol. The topological polar surface area (TPSA) is 49.4 Å². The van der Waals surface area contributed by atoms with Crippen molar-refractivity contribution in [2.75, 3.05) is 11.9 Å². The van der Waals surface area contributed by atoms with Crippen LogP contribution in [0.25, 0.3) is 0 Å². The minimum absolute atomic E-state index is 0.130. The SMILES string of the molecule is CN(c1ccc(F)cc1F)C1CCC(=O)NC1=O. The molecule has 0 spiro atoms. The Hall–Kier alpha value is -1.98. The molecule has 1 saturated heterocycles. The van der Waals surface area contributed by atoms with Gasteiger partial charge >= 0.3 is 0 Å². The second-order valence-electron chi connectivity index (χ2n) is 4.17. The molecule has 18 heavy (non-hydrogen) atoms. The molecule has 2 amide bonds. The predicted octanol–water partition coefficient (Wildman–Crippen LogP) is 1.21. The van der Waals surface area contributed by atoms with E-state index in [0.29, 0.717) is 6.42 Å². The van der Waals surface area contributed by atoms with Crippen LogP contribution in [0.2, 0.25) is 0 Å². The fraction of sp³-hybridized carbons (Fsp3) is 0.333. The number of carbonyl (C=O) groups is 2. The molecular weight excluding hydrogens is 242 g/mol. The second kappa shape index (κ2) is 4.72. The van der Waals surface area contributed by atoms with Gasteiger partial charge in [0, 0.05) is 19.5 Å². The Morgan fingerprint density at radius 3 is 2.67 bits per heavy atom. The van der Waals surface area contributed by atoms with E-state index in [4.69, 9.17) is 0 Å². The number of hydrogen-bond acceptors (Lipinski definition) is 3. The maximum Gasteiger partial charge on any atom is 0.249 e. The molecular formula is C12H12F2N2O2. The number of likely N-dealkylation sites (N-methyl/N-ethyl adjacent to an activating group) is 1. The quantitative estimate of drug-likeness (QED) is 0.807.